The molecule has 27 heavy (non-hydrogen) atoms. The molecule has 0 unspecified atom stereocenters. The van der Waals surface area contributed by atoms with E-state index in [0.29, 0.717) is 19.0 Å². The predicted octanol–water partition coefficient (Wildman–Crippen LogP) is 3.62. The van der Waals surface area contributed by atoms with Crippen molar-refractivity contribution in [3.8, 4) is 5.75 Å². The Bertz CT molecular complexity index is 672. The summed E-state index contributed by atoms with van der Waals surface area (Å²) in [6.45, 7) is 7.36. The molecule has 1 rings (SSSR count). The topological polar surface area (TPSA) is 78.9 Å². The van der Waals surface area contributed by atoms with Gasteiger partial charge < -0.3 is 14.2 Å². The van der Waals surface area contributed by atoms with E-state index in [1.807, 2.05) is 0 Å². The molecule has 0 atom stereocenters. The molecular weight excluding hydrogens is 348 g/mol. The van der Waals surface area contributed by atoms with E-state index in [-0.39, 0.29) is 0 Å². The molecule has 0 spiro atoms. The number of hydrogen-bond donors (Lipinski definition) is 0. The van der Waals surface area contributed by atoms with Gasteiger partial charge in [-0.15, -0.1) is 0 Å². The Hall–Kier alpha value is -3.15. The SMILES string of the molecule is C=CC(=O)OCCCCCCOC(=O)/C=C/c1ccc(OC(=O)C=C)cc1. The largest absolute Gasteiger partial charge is 0.463 e. The summed E-state index contributed by atoms with van der Waals surface area (Å²) in [7, 11) is 0. The third kappa shape index (κ3) is 10.4. The van der Waals surface area contributed by atoms with Gasteiger partial charge in [-0.05, 0) is 49.5 Å². The molecular formula is C21H24O6. The number of unbranched alkanes of at least 4 members (excludes halogenated alkanes) is 3. The first-order valence-corrected chi connectivity index (χ1v) is 8.63. The molecule has 0 aliphatic carbocycles. The van der Waals surface area contributed by atoms with Gasteiger partial charge in [-0.3, -0.25) is 0 Å². The van der Waals surface area contributed by atoms with E-state index in [1.165, 1.54) is 6.08 Å². The monoisotopic (exact) mass is 372 g/mol. The highest BCUT2D eigenvalue weighted by Crippen LogP contribution is 2.13. The number of ether oxygens (including phenoxy) is 3. The Kier molecular flexibility index (Phi) is 10.6. The van der Waals surface area contributed by atoms with Crippen LogP contribution in [0.2, 0.25) is 0 Å². The Labute approximate surface area is 159 Å². The summed E-state index contributed by atoms with van der Waals surface area (Å²) in [4.78, 5) is 33.6. The van der Waals surface area contributed by atoms with E-state index in [1.54, 1.807) is 30.3 Å². The van der Waals surface area contributed by atoms with Gasteiger partial charge in [-0.2, -0.15) is 0 Å². The van der Waals surface area contributed by atoms with Gasteiger partial charge in [-0.1, -0.05) is 25.3 Å². The fourth-order valence-corrected chi connectivity index (χ4v) is 1.98. The van der Waals surface area contributed by atoms with Crippen molar-refractivity contribution >= 4 is 24.0 Å². The maximum atomic E-state index is 11.7. The van der Waals surface area contributed by atoms with Crippen LogP contribution in [0.25, 0.3) is 6.08 Å². The van der Waals surface area contributed by atoms with E-state index >= 15 is 0 Å². The molecule has 6 heteroatoms. The van der Waals surface area contributed by atoms with Crippen LogP contribution in [0, 0.1) is 0 Å². The van der Waals surface area contributed by atoms with Crippen molar-refractivity contribution in [3.63, 3.8) is 0 Å². The maximum Gasteiger partial charge on any atom is 0.335 e. The molecule has 0 amide bonds. The summed E-state index contributed by atoms with van der Waals surface area (Å²) in [6.07, 6.45) is 8.48. The normalized spacial score (nSPS) is 10.2. The molecule has 0 aliphatic heterocycles. The molecule has 6 nitrogen and oxygen atoms in total. The van der Waals surface area contributed by atoms with E-state index < -0.39 is 17.9 Å². The van der Waals surface area contributed by atoms with Crippen molar-refractivity contribution in [2.75, 3.05) is 13.2 Å². The van der Waals surface area contributed by atoms with E-state index in [9.17, 15) is 14.4 Å². The van der Waals surface area contributed by atoms with Crippen molar-refractivity contribution in [2.45, 2.75) is 25.7 Å². The Morgan fingerprint density at radius 1 is 0.778 bits per heavy atom. The zero-order valence-electron chi connectivity index (χ0n) is 15.2. The lowest BCUT2D eigenvalue weighted by atomic mass is 10.2. The van der Waals surface area contributed by atoms with Crippen LogP contribution in [0.1, 0.15) is 31.2 Å². The summed E-state index contributed by atoms with van der Waals surface area (Å²) in [5, 5.41) is 0. The van der Waals surface area contributed by atoms with Gasteiger partial charge >= 0.3 is 17.9 Å². The second-order valence-electron chi connectivity index (χ2n) is 5.48. The molecule has 1 aromatic carbocycles. The van der Waals surface area contributed by atoms with Crippen LogP contribution in [0.3, 0.4) is 0 Å². The Morgan fingerprint density at radius 3 is 1.89 bits per heavy atom. The molecule has 1 aromatic rings. The van der Waals surface area contributed by atoms with Crippen molar-refractivity contribution in [2.24, 2.45) is 0 Å². The molecule has 0 aliphatic rings. The highest BCUT2D eigenvalue weighted by atomic mass is 16.5. The van der Waals surface area contributed by atoms with Gasteiger partial charge in [0.05, 0.1) is 13.2 Å². The lowest BCUT2D eigenvalue weighted by Crippen LogP contribution is -2.03. The third-order valence-electron chi connectivity index (χ3n) is 3.37. The number of hydrogen-bond acceptors (Lipinski definition) is 6. The summed E-state index contributed by atoms with van der Waals surface area (Å²) >= 11 is 0. The van der Waals surface area contributed by atoms with Crippen molar-refractivity contribution in [1.29, 1.82) is 0 Å². The van der Waals surface area contributed by atoms with Crippen LogP contribution in [-0.4, -0.2) is 31.1 Å². The highest BCUT2D eigenvalue weighted by Gasteiger charge is 2.00. The number of rotatable bonds is 12. The predicted molar refractivity (Wildman–Crippen MR) is 102 cm³/mol. The second-order valence-corrected chi connectivity index (χ2v) is 5.48. The van der Waals surface area contributed by atoms with Gasteiger partial charge in [0.25, 0.3) is 0 Å². The zero-order chi connectivity index (χ0) is 19.9. The molecule has 0 aromatic heterocycles. The molecule has 0 bridgehead atoms. The average molecular weight is 372 g/mol. The number of carbonyl (C=O) groups excluding carboxylic acids is 3. The molecule has 0 N–H and O–H groups in total. The fourth-order valence-electron chi connectivity index (χ4n) is 1.98. The van der Waals surface area contributed by atoms with Crippen LogP contribution in [0.4, 0.5) is 0 Å². The van der Waals surface area contributed by atoms with Gasteiger partial charge in [0.2, 0.25) is 0 Å². The van der Waals surface area contributed by atoms with Gasteiger partial charge in [0.15, 0.2) is 0 Å². The first-order valence-electron chi connectivity index (χ1n) is 8.63. The number of carbonyl (C=O) groups is 3. The molecule has 0 radical (unpaired) electrons. The van der Waals surface area contributed by atoms with Crippen molar-refractivity contribution in [3.05, 3.63) is 61.2 Å². The van der Waals surface area contributed by atoms with Gasteiger partial charge in [-0.25, -0.2) is 14.4 Å². The minimum absolute atomic E-state index is 0.339. The lowest BCUT2D eigenvalue weighted by molar-refractivity contribution is -0.139. The van der Waals surface area contributed by atoms with Crippen LogP contribution in [0.15, 0.2) is 55.7 Å². The fraction of sp³-hybridized carbons (Fsp3) is 0.286. The van der Waals surface area contributed by atoms with Gasteiger partial charge in [0, 0.05) is 18.2 Å². The second kappa shape index (κ2) is 13.1. The third-order valence-corrected chi connectivity index (χ3v) is 3.37. The average Bonchev–Trinajstić information content (AvgIpc) is 2.69. The van der Waals surface area contributed by atoms with E-state index in [0.717, 1.165) is 43.4 Å². The van der Waals surface area contributed by atoms with Crippen LogP contribution in [0.5, 0.6) is 5.75 Å². The summed E-state index contributed by atoms with van der Waals surface area (Å²) in [5.41, 5.74) is 0.777. The van der Waals surface area contributed by atoms with Crippen LogP contribution < -0.4 is 4.74 Å². The number of benzene rings is 1. The standard InChI is InChI=1S/C21H24O6/c1-3-19(22)25-15-7-5-6-8-16-26-21(24)14-11-17-9-12-18(13-10-17)27-20(23)4-2/h3-4,9-14H,1-2,5-8,15-16H2/b14-11+. The first kappa shape index (κ1) is 21.9. The van der Waals surface area contributed by atoms with Crippen LogP contribution >= 0.6 is 0 Å². The molecule has 0 saturated carbocycles. The molecule has 144 valence electrons. The van der Waals surface area contributed by atoms with E-state index in [4.69, 9.17) is 14.2 Å². The molecule has 0 fully saturated rings. The Morgan fingerprint density at radius 2 is 1.33 bits per heavy atom. The summed E-state index contributed by atoms with van der Waals surface area (Å²) < 4.78 is 14.9. The lowest BCUT2D eigenvalue weighted by Gasteiger charge is -2.03. The van der Waals surface area contributed by atoms with Crippen molar-refractivity contribution in [1.82, 2.24) is 0 Å². The summed E-state index contributed by atoms with van der Waals surface area (Å²) in [6, 6.07) is 6.68. The van der Waals surface area contributed by atoms with Crippen molar-refractivity contribution < 1.29 is 28.6 Å². The minimum atomic E-state index is -0.528. The smallest absolute Gasteiger partial charge is 0.335 e. The van der Waals surface area contributed by atoms with E-state index in [2.05, 4.69) is 13.2 Å². The first-order chi connectivity index (χ1) is 13.0. The van der Waals surface area contributed by atoms with Gasteiger partial charge in [0.1, 0.15) is 5.75 Å². The quantitative estimate of drug-likeness (QED) is 0.241. The summed E-state index contributed by atoms with van der Waals surface area (Å²) in [5.74, 6) is -0.959. The number of esters is 3. The minimum Gasteiger partial charge on any atom is -0.463 e. The van der Waals surface area contributed by atoms with Crippen LogP contribution in [-0.2, 0) is 23.9 Å². The highest BCUT2D eigenvalue weighted by molar-refractivity contribution is 5.87. The Balaban J connectivity index is 2.17. The zero-order valence-corrected chi connectivity index (χ0v) is 15.2. The maximum absolute atomic E-state index is 11.7. The molecule has 0 saturated heterocycles. The molecule has 0 heterocycles.